The molecular formula is C10H17NO3. The molecule has 0 amide bonds. The second-order valence-electron chi connectivity index (χ2n) is 3.42. The maximum absolute atomic E-state index is 10.9. The Bertz CT molecular complexity index is 196. The van der Waals surface area contributed by atoms with E-state index in [0.29, 0.717) is 32.0 Å². The van der Waals surface area contributed by atoms with Gasteiger partial charge in [-0.2, -0.15) is 5.26 Å². The first-order chi connectivity index (χ1) is 6.66. The van der Waals surface area contributed by atoms with Crippen molar-refractivity contribution in [2.24, 2.45) is 5.92 Å². The number of nitriles is 1. The van der Waals surface area contributed by atoms with Crippen LogP contribution in [0.2, 0.25) is 0 Å². The minimum atomic E-state index is -0.615. The van der Waals surface area contributed by atoms with Crippen LogP contribution in [0.5, 0.6) is 0 Å². The molecule has 0 rings (SSSR count). The van der Waals surface area contributed by atoms with Crippen LogP contribution in [0.25, 0.3) is 0 Å². The van der Waals surface area contributed by atoms with E-state index in [1.165, 1.54) is 0 Å². The minimum absolute atomic E-state index is 0.320. The summed E-state index contributed by atoms with van der Waals surface area (Å²) in [5.74, 6) is 0.320. The number of carbonyl (C=O) groups excluding carboxylic acids is 1. The van der Waals surface area contributed by atoms with Crippen LogP contribution in [0.3, 0.4) is 0 Å². The van der Waals surface area contributed by atoms with Gasteiger partial charge in [-0.1, -0.05) is 13.8 Å². The Balaban J connectivity index is 3.24. The fourth-order valence-corrected chi connectivity index (χ4v) is 0.738. The van der Waals surface area contributed by atoms with Gasteiger partial charge in [0, 0.05) is 6.42 Å². The van der Waals surface area contributed by atoms with Crippen molar-refractivity contribution in [3.63, 3.8) is 0 Å². The molecule has 0 aliphatic rings. The van der Waals surface area contributed by atoms with Gasteiger partial charge in [0.25, 0.3) is 0 Å². The van der Waals surface area contributed by atoms with Gasteiger partial charge in [0.05, 0.1) is 19.3 Å². The topological polar surface area (TPSA) is 59.3 Å². The highest BCUT2D eigenvalue weighted by Gasteiger charge is 2.04. The zero-order valence-corrected chi connectivity index (χ0v) is 8.78. The lowest BCUT2D eigenvalue weighted by Crippen LogP contribution is -2.12. The Kier molecular flexibility index (Phi) is 7.62. The summed E-state index contributed by atoms with van der Waals surface area (Å²) in [5.41, 5.74) is 0. The van der Waals surface area contributed by atoms with Crippen molar-refractivity contribution in [1.82, 2.24) is 0 Å². The van der Waals surface area contributed by atoms with E-state index >= 15 is 0 Å². The molecule has 0 aromatic heterocycles. The molecule has 4 heteroatoms. The largest absolute Gasteiger partial charge is 0.508 e. The monoisotopic (exact) mass is 199 g/mol. The molecule has 0 aromatic rings. The number of unbranched alkanes of at least 4 members (excludes halogenated alkanes) is 2. The van der Waals surface area contributed by atoms with Gasteiger partial charge in [0.1, 0.15) is 0 Å². The van der Waals surface area contributed by atoms with Crippen LogP contribution in [0.1, 0.15) is 33.1 Å². The molecule has 0 saturated carbocycles. The number of nitrogens with zero attached hydrogens (tertiary/aromatic N) is 1. The molecule has 0 fully saturated rings. The van der Waals surface area contributed by atoms with Gasteiger partial charge in [0.15, 0.2) is 0 Å². The highest BCUT2D eigenvalue weighted by atomic mass is 16.7. The summed E-state index contributed by atoms with van der Waals surface area (Å²) >= 11 is 0. The number of hydrogen-bond acceptors (Lipinski definition) is 4. The van der Waals surface area contributed by atoms with Crippen LogP contribution in [-0.4, -0.2) is 19.4 Å². The van der Waals surface area contributed by atoms with E-state index in [9.17, 15) is 4.79 Å². The molecule has 0 N–H and O–H groups in total. The van der Waals surface area contributed by atoms with Crippen molar-refractivity contribution in [1.29, 1.82) is 5.26 Å². The fraction of sp³-hybridized carbons (Fsp3) is 0.800. The molecule has 0 atom stereocenters. The molecule has 0 aromatic carbocycles. The molecule has 0 unspecified atom stereocenters. The SMILES string of the molecule is CC(C)COC(=O)OCCCCC#N. The first-order valence-electron chi connectivity index (χ1n) is 4.83. The molecule has 0 radical (unpaired) electrons. The third kappa shape index (κ3) is 8.85. The van der Waals surface area contributed by atoms with Gasteiger partial charge < -0.3 is 9.47 Å². The van der Waals surface area contributed by atoms with Crippen LogP contribution in [-0.2, 0) is 9.47 Å². The summed E-state index contributed by atoms with van der Waals surface area (Å²) in [6.45, 7) is 4.63. The summed E-state index contributed by atoms with van der Waals surface area (Å²) in [7, 11) is 0. The highest BCUT2D eigenvalue weighted by molar-refractivity contribution is 5.59. The average molecular weight is 199 g/mol. The van der Waals surface area contributed by atoms with Gasteiger partial charge >= 0.3 is 6.16 Å². The number of carbonyl (C=O) groups is 1. The van der Waals surface area contributed by atoms with Gasteiger partial charge in [-0.15, -0.1) is 0 Å². The summed E-state index contributed by atoms with van der Waals surface area (Å²) in [4.78, 5) is 10.9. The smallest absolute Gasteiger partial charge is 0.434 e. The lowest BCUT2D eigenvalue weighted by atomic mass is 10.2. The fourth-order valence-electron chi connectivity index (χ4n) is 0.738. The van der Waals surface area contributed by atoms with E-state index in [0.717, 1.165) is 6.42 Å². The third-order valence-corrected chi connectivity index (χ3v) is 1.44. The summed E-state index contributed by atoms with van der Waals surface area (Å²) < 4.78 is 9.55. The first-order valence-corrected chi connectivity index (χ1v) is 4.83. The van der Waals surface area contributed by atoms with E-state index in [1.54, 1.807) is 0 Å². The molecule has 80 valence electrons. The molecule has 0 aliphatic carbocycles. The Morgan fingerprint density at radius 2 is 2.07 bits per heavy atom. The van der Waals surface area contributed by atoms with Gasteiger partial charge in [-0.05, 0) is 18.8 Å². The molecule has 14 heavy (non-hydrogen) atoms. The Labute approximate surface area is 84.8 Å². The summed E-state index contributed by atoms with van der Waals surface area (Å²) in [6.07, 6.45) is 1.36. The van der Waals surface area contributed by atoms with Crippen molar-refractivity contribution in [3.05, 3.63) is 0 Å². The Morgan fingerprint density at radius 3 is 2.64 bits per heavy atom. The van der Waals surface area contributed by atoms with Crippen molar-refractivity contribution in [3.8, 4) is 6.07 Å². The van der Waals surface area contributed by atoms with Crippen LogP contribution >= 0.6 is 0 Å². The second-order valence-corrected chi connectivity index (χ2v) is 3.42. The van der Waals surface area contributed by atoms with E-state index in [1.807, 2.05) is 19.9 Å². The maximum atomic E-state index is 10.9. The normalized spacial score (nSPS) is 9.57. The Hall–Kier alpha value is -1.24. The average Bonchev–Trinajstić information content (AvgIpc) is 2.14. The molecule has 0 heterocycles. The number of ether oxygens (including phenoxy) is 2. The van der Waals surface area contributed by atoms with Crippen molar-refractivity contribution in [2.75, 3.05) is 13.2 Å². The first kappa shape index (κ1) is 12.8. The quantitative estimate of drug-likeness (QED) is 0.487. The highest BCUT2D eigenvalue weighted by Crippen LogP contribution is 1.98. The van der Waals surface area contributed by atoms with Gasteiger partial charge in [-0.3, -0.25) is 0 Å². The van der Waals surface area contributed by atoms with E-state index < -0.39 is 6.16 Å². The number of rotatable bonds is 6. The van der Waals surface area contributed by atoms with Gasteiger partial charge in [-0.25, -0.2) is 4.79 Å². The summed E-state index contributed by atoms with van der Waals surface area (Å²) in [5, 5.41) is 8.24. The molecule has 0 saturated heterocycles. The lowest BCUT2D eigenvalue weighted by Gasteiger charge is -2.07. The van der Waals surface area contributed by atoms with E-state index in [2.05, 4.69) is 0 Å². The zero-order valence-electron chi connectivity index (χ0n) is 8.78. The van der Waals surface area contributed by atoms with Crippen LogP contribution < -0.4 is 0 Å². The molecule has 4 nitrogen and oxygen atoms in total. The van der Waals surface area contributed by atoms with E-state index in [4.69, 9.17) is 14.7 Å². The lowest BCUT2D eigenvalue weighted by molar-refractivity contribution is 0.0466. The van der Waals surface area contributed by atoms with Crippen LogP contribution in [0.4, 0.5) is 4.79 Å². The zero-order chi connectivity index (χ0) is 10.8. The van der Waals surface area contributed by atoms with Crippen molar-refractivity contribution in [2.45, 2.75) is 33.1 Å². The van der Waals surface area contributed by atoms with Crippen LogP contribution in [0, 0.1) is 17.2 Å². The van der Waals surface area contributed by atoms with E-state index in [-0.39, 0.29) is 0 Å². The maximum Gasteiger partial charge on any atom is 0.508 e. The molecule has 0 spiro atoms. The predicted molar refractivity (Wildman–Crippen MR) is 51.6 cm³/mol. The Morgan fingerprint density at radius 1 is 1.36 bits per heavy atom. The molecule has 0 aliphatic heterocycles. The second kappa shape index (κ2) is 8.36. The molecular weight excluding hydrogens is 182 g/mol. The van der Waals surface area contributed by atoms with Crippen molar-refractivity contribution < 1.29 is 14.3 Å². The minimum Gasteiger partial charge on any atom is -0.434 e. The van der Waals surface area contributed by atoms with Gasteiger partial charge in [0.2, 0.25) is 0 Å². The third-order valence-electron chi connectivity index (χ3n) is 1.44. The standard InChI is InChI=1S/C10H17NO3/c1-9(2)8-14-10(12)13-7-5-3-4-6-11/h9H,3-5,7-8H2,1-2H3. The van der Waals surface area contributed by atoms with Crippen molar-refractivity contribution >= 4 is 6.16 Å². The summed E-state index contributed by atoms with van der Waals surface area (Å²) in [6, 6.07) is 2.02. The predicted octanol–water partition coefficient (Wildman–Crippen LogP) is 2.49. The van der Waals surface area contributed by atoms with Crippen LogP contribution in [0.15, 0.2) is 0 Å². The number of hydrogen-bond donors (Lipinski definition) is 0. The molecule has 0 bridgehead atoms.